The number of hydrogen-bond donors (Lipinski definition) is 2. The number of hydrogen-bond acceptors (Lipinski definition) is 9. The number of aromatic nitrogens is 1. The van der Waals surface area contributed by atoms with Gasteiger partial charge in [0.15, 0.2) is 0 Å². The molecule has 0 radical (unpaired) electrons. The van der Waals surface area contributed by atoms with E-state index in [2.05, 4.69) is 15.5 Å². The number of thiazole rings is 1. The van der Waals surface area contributed by atoms with Crippen LogP contribution in [0.1, 0.15) is 11.1 Å². The van der Waals surface area contributed by atoms with Crippen molar-refractivity contribution >= 4 is 45.8 Å². The maximum Gasteiger partial charge on any atom is 0.271 e. The zero-order valence-corrected chi connectivity index (χ0v) is 16.7. The number of hydrazone groups is 1. The fourth-order valence-corrected chi connectivity index (χ4v) is 3.14. The highest BCUT2D eigenvalue weighted by Gasteiger charge is 2.12. The van der Waals surface area contributed by atoms with Crippen molar-refractivity contribution in [2.24, 2.45) is 5.10 Å². The molecule has 3 rings (SSSR count). The summed E-state index contributed by atoms with van der Waals surface area (Å²) in [5, 5.41) is 17.4. The Kier molecular flexibility index (Phi) is 6.47. The highest BCUT2D eigenvalue weighted by molar-refractivity contribution is 7.14. The molecule has 29 heavy (non-hydrogen) atoms. The fraction of sp³-hybridized carbons (Fsp3) is 0.111. The largest absolute Gasteiger partial charge is 0.496 e. The van der Waals surface area contributed by atoms with Gasteiger partial charge in [0.1, 0.15) is 23.9 Å². The lowest BCUT2D eigenvalue weighted by Crippen LogP contribution is -2.01. The van der Waals surface area contributed by atoms with Crippen LogP contribution in [0.4, 0.5) is 16.6 Å². The van der Waals surface area contributed by atoms with E-state index >= 15 is 0 Å². The van der Waals surface area contributed by atoms with Gasteiger partial charge in [-0.1, -0.05) is 11.6 Å². The Bertz CT molecular complexity index is 1060. The number of rotatable bonds is 8. The second-order valence-electron chi connectivity index (χ2n) is 5.68. The summed E-state index contributed by atoms with van der Waals surface area (Å²) in [5.74, 6) is 1.39. The molecule has 0 atom stereocenters. The molecule has 3 N–H and O–H groups in total. The molecule has 0 saturated heterocycles. The molecule has 0 saturated carbocycles. The van der Waals surface area contributed by atoms with E-state index in [1.54, 1.807) is 24.8 Å². The molecule has 0 aliphatic rings. The zero-order chi connectivity index (χ0) is 20.8. The summed E-state index contributed by atoms with van der Waals surface area (Å²) in [6.07, 6.45) is 1.62. The molecule has 0 aliphatic heterocycles. The topological polar surface area (TPSA) is 125 Å². The summed E-state index contributed by atoms with van der Waals surface area (Å²) in [6.45, 7) is 0.152. The third-order valence-corrected chi connectivity index (χ3v) is 4.77. The number of halogens is 1. The quantitative estimate of drug-likeness (QED) is 0.308. The van der Waals surface area contributed by atoms with Crippen LogP contribution in [0.3, 0.4) is 0 Å². The molecule has 3 aromatic rings. The number of nitro groups is 1. The first-order valence-electron chi connectivity index (χ1n) is 8.20. The molecule has 150 valence electrons. The number of benzene rings is 2. The summed E-state index contributed by atoms with van der Waals surface area (Å²) in [5.41, 5.74) is 9.82. The van der Waals surface area contributed by atoms with E-state index in [1.165, 1.54) is 29.5 Å². The first-order chi connectivity index (χ1) is 14.0. The third kappa shape index (κ3) is 5.33. The van der Waals surface area contributed by atoms with Crippen molar-refractivity contribution < 1.29 is 14.4 Å². The van der Waals surface area contributed by atoms with Crippen molar-refractivity contribution in [2.75, 3.05) is 18.3 Å². The zero-order valence-electron chi connectivity index (χ0n) is 15.2. The third-order valence-electron chi connectivity index (χ3n) is 3.71. The smallest absolute Gasteiger partial charge is 0.271 e. The first kappa shape index (κ1) is 20.4. The fourth-order valence-electron chi connectivity index (χ4n) is 2.37. The molecule has 0 spiro atoms. The van der Waals surface area contributed by atoms with Crippen LogP contribution in [0, 0.1) is 10.1 Å². The Morgan fingerprint density at radius 2 is 2.14 bits per heavy atom. The lowest BCUT2D eigenvalue weighted by Gasteiger charge is -2.12. The summed E-state index contributed by atoms with van der Waals surface area (Å²) in [7, 11) is 1.56. The Labute approximate surface area is 174 Å². The van der Waals surface area contributed by atoms with E-state index in [1.807, 2.05) is 12.1 Å². The average molecular weight is 434 g/mol. The van der Waals surface area contributed by atoms with E-state index in [0.717, 1.165) is 11.1 Å². The van der Waals surface area contributed by atoms with Gasteiger partial charge in [-0.2, -0.15) is 5.10 Å². The van der Waals surface area contributed by atoms with Gasteiger partial charge in [-0.25, -0.2) is 4.98 Å². The molecule has 0 unspecified atom stereocenters. The first-order valence-corrected chi connectivity index (χ1v) is 9.46. The number of nitrogens with one attached hydrogen (secondary N) is 1. The van der Waals surface area contributed by atoms with Crippen LogP contribution in [0.5, 0.6) is 11.5 Å². The lowest BCUT2D eigenvalue weighted by molar-refractivity contribution is -0.384. The molecule has 2 aromatic carbocycles. The monoisotopic (exact) mass is 433 g/mol. The minimum Gasteiger partial charge on any atom is -0.496 e. The highest BCUT2D eigenvalue weighted by Crippen LogP contribution is 2.30. The van der Waals surface area contributed by atoms with Gasteiger partial charge in [0.25, 0.3) is 5.69 Å². The maximum atomic E-state index is 10.8. The van der Waals surface area contributed by atoms with Crippen LogP contribution < -0.4 is 20.6 Å². The maximum absolute atomic E-state index is 10.8. The van der Waals surface area contributed by atoms with Crippen LogP contribution >= 0.6 is 22.9 Å². The van der Waals surface area contributed by atoms with Gasteiger partial charge in [-0.15, -0.1) is 11.3 Å². The summed E-state index contributed by atoms with van der Waals surface area (Å²) in [6, 6.07) is 9.51. The van der Waals surface area contributed by atoms with Gasteiger partial charge in [-0.3, -0.25) is 15.5 Å². The number of nitrogen functional groups attached to an aromatic ring is 1. The Morgan fingerprint density at radius 1 is 1.34 bits per heavy atom. The number of methoxy groups -OCH3 is 1. The molecular formula is C18H16ClN5O4S. The van der Waals surface area contributed by atoms with Gasteiger partial charge in [0.05, 0.1) is 23.3 Å². The Morgan fingerprint density at radius 3 is 2.79 bits per heavy atom. The van der Waals surface area contributed by atoms with Crippen molar-refractivity contribution in [3.05, 3.63) is 68.0 Å². The Hall–Kier alpha value is -3.37. The van der Waals surface area contributed by atoms with E-state index < -0.39 is 4.92 Å². The molecular weight excluding hydrogens is 418 g/mol. The van der Waals surface area contributed by atoms with Crippen LogP contribution in [-0.2, 0) is 6.61 Å². The Balaban J connectivity index is 1.71. The molecule has 0 bridgehead atoms. The number of nitrogens with zero attached hydrogens (tertiary/aromatic N) is 3. The predicted octanol–water partition coefficient (Wildman–Crippen LogP) is 4.32. The standard InChI is InChI=1S/C18H16ClN5O4S/c1-27-15-4-2-11(8-21-23-18-22-17(20)10-29-18)6-12(15)9-28-16-5-3-13(24(25)26)7-14(16)19/h2-8,10H,9,20H2,1H3,(H,22,23). The number of ether oxygens (including phenoxy) is 2. The van der Waals surface area contributed by atoms with Gasteiger partial charge < -0.3 is 15.2 Å². The summed E-state index contributed by atoms with van der Waals surface area (Å²) < 4.78 is 11.1. The van der Waals surface area contributed by atoms with Crippen molar-refractivity contribution in [1.29, 1.82) is 0 Å². The molecule has 0 aliphatic carbocycles. The summed E-state index contributed by atoms with van der Waals surface area (Å²) >= 11 is 7.42. The van der Waals surface area contributed by atoms with Gasteiger partial charge in [0, 0.05) is 23.1 Å². The highest BCUT2D eigenvalue weighted by atomic mass is 35.5. The molecule has 1 heterocycles. The number of non-ortho nitro benzene ring substituents is 1. The van der Waals surface area contributed by atoms with Gasteiger partial charge >= 0.3 is 0 Å². The van der Waals surface area contributed by atoms with E-state index in [4.69, 9.17) is 26.8 Å². The number of nitrogens with two attached hydrogens (primary N) is 1. The molecule has 11 heteroatoms. The lowest BCUT2D eigenvalue weighted by atomic mass is 10.1. The molecule has 9 nitrogen and oxygen atoms in total. The second-order valence-corrected chi connectivity index (χ2v) is 6.94. The summed E-state index contributed by atoms with van der Waals surface area (Å²) in [4.78, 5) is 14.3. The second kappa shape index (κ2) is 9.22. The van der Waals surface area contributed by atoms with E-state index in [0.29, 0.717) is 22.4 Å². The molecule has 1 aromatic heterocycles. The van der Waals surface area contributed by atoms with Crippen LogP contribution in [0.2, 0.25) is 5.02 Å². The van der Waals surface area contributed by atoms with Crippen LogP contribution in [0.25, 0.3) is 0 Å². The SMILES string of the molecule is COc1ccc(C=NNc2nc(N)cs2)cc1COc1ccc([N+](=O)[O-])cc1Cl. The minimum absolute atomic E-state index is 0.104. The normalized spacial score (nSPS) is 10.8. The number of anilines is 2. The van der Waals surface area contributed by atoms with Crippen LogP contribution in [0.15, 0.2) is 46.9 Å². The number of nitro benzene ring substituents is 1. The van der Waals surface area contributed by atoms with Crippen molar-refractivity contribution in [3.8, 4) is 11.5 Å². The molecule has 0 amide bonds. The van der Waals surface area contributed by atoms with E-state index in [-0.39, 0.29) is 17.3 Å². The van der Waals surface area contributed by atoms with Crippen molar-refractivity contribution in [3.63, 3.8) is 0 Å². The van der Waals surface area contributed by atoms with Crippen molar-refractivity contribution in [1.82, 2.24) is 4.98 Å². The minimum atomic E-state index is -0.518. The molecule has 0 fully saturated rings. The predicted molar refractivity (Wildman–Crippen MR) is 113 cm³/mol. The van der Waals surface area contributed by atoms with Gasteiger partial charge in [0.2, 0.25) is 5.13 Å². The van der Waals surface area contributed by atoms with Crippen LogP contribution in [-0.4, -0.2) is 23.2 Å². The van der Waals surface area contributed by atoms with Crippen molar-refractivity contribution in [2.45, 2.75) is 6.61 Å². The van der Waals surface area contributed by atoms with Gasteiger partial charge in [-0.05, 0) is 29.8 Å². The average Bonchev–Trinajstić information content (AvgIpc) is 3.12. The van der Waals surface area contributed by atoms with E-state index in [9.17, 15) is 10.1 Å².